The third kappa shape index (κ3) is 5.62. The molecule has 1 atom stereocenters. The first-order valence-corrected chi connectivity index (χ1v) is 9.48. The molecule has 0 fully saturated rings. The lowest BCUT2D eigenvalue weighted by atomic mass is 9.82. The molecule has 0 aliphatic rings. The number of carboxylic acid groups (broad SMARTS) is 1. The summed E-state index contributed by atoms with van der Waals surface area (Å²) in [4.78, 5) is 10.4. The first-order chi connectivity index (χ1) is 12.5. The number of hydrogen-bond donors (Lipinski definition) is 1. The number of unbranched alkanes of at least 4 members (excludes halogenated alkanes) is 3. The van der Waals surface area contributed by atoms with Gasteiger partial charge in [-0.2, -0.15) is 0 Å². The predicted octanol–water partition coefficient (Wildman–Crippen LogP) is 6.39. The van der Waals surface area contributed by atoms with E-state index in [0.29, 0.717) is 12.5 Å². The SMILES string of the molecule is Cc1ccc(C(CCCCCCOC(=O)O)c2ccccc2)c(C)c1C. The first-order valence-electron chi connectivity index (χ1n) is 9.48. The normalized spacial score (nSPS) is 12.0. The standard InChI is InChI=1S/C23H30O3/c1-17-14-15-21(19(3)18(17)2)22(20-11-7-6-8-12-20)13-9-4-5-10-16-26-23(24)25/h6-8,11-12,14-15,22H,4-5,9-10,13,16H2,1-3H3,(H,24,25). The van der Waals surface area contributed by atoms with Crippen LogP contribution in [0.3, 0.4) is 0 Å². The molecular formula is C23H30O3. The highest BCUT2D eigenvalue weighted by Gasteiger charge is 2.17. The van der Waals surface area contributed by atoms with Crippen LogP contribution in [0, 0.1) is 20.8 Å². The molecule has 2 rings (SSSR count). The summed E-state index contributed by atoms with van der Waals surface area (Å²) in [5.41, 5.74) is 6.92. The van der Waals surface area contributed by atoms with Crippen molar-refractivity contribution in [1.29, 1.82) is 0 Å². The lowest BCUT2D eigenvalue weighted by Gasteiger charge is -2.22. The molecule has 2 aromatic carbocycles. The number of carbonyl (C=O) groups is 1. The zero-order chi connectivity index (χ0) is 18.9. The first kappa shape index (κ1) is 20.0. The minimum Gasteiger partial charge on any atom is -0.450 e. The van der Waals surface area contributed by atoms with E-state index in [-0.39, 0.29) is 0 Å². The molecular weight excluding hydrogens is 324 g/mol. The van der Waals surface area contributed by atoms with E-state index >= 15 is 0 Å². The highest BCUT2D eigenvalue weighted by molar-refractivity contribution is 5.56. The molecule has 2 aromatic rings. The molecule has 26 heavy (non-hydrogen) atoms. The molecule has 0 bridgehead atoms. The Morgan fingerprint density at radius 3 is 2.31 bits per heavy atom. The average molecular weight is 354 g/mol. The van der Waals surface area contributed by atoms with Crippen LogP contribution in [0.4, 0.5) is 4.79 Å². The maximum atomic E-state index is 10.4. The van der Waals surface area contributed by atoms with Crippen LogP contribution >= 0.6 is 0 Å². The van der Waals surface area contributed by atoms with Crippen LogP contribution in [0.1, 0.15) is 65.8 Å². The van der Waals surface area contributed by atoms with Crippen LogP contribution in [0.15, 0.2) is 42.5 Å². The van der Waals surface area contributed by atoms with E-state index in [1.165, 1.54) is 27.8 Å². The second kappa shape index (κ2) is 10.0. The van der Waals surface area contributed by atoms with Gasteiger partial charge in [0.2, 0.25) is 0 Å². The topological polar surface area (TPSA) is 46.5 Å². The van der Waals surface area contributed by atoms with E-state index in [0.717, 1.165) is 32.1 Å². The van der Waals surface area contributed by atoms with Gasteiger partial charge in [-0.25, -0.2) is 4.79 Å². The van der Waals surface area contributed by atoms with E-state index in [4.69, 9.17) is 5.11 Å². The van der Waals surface area contributed by atoms with Gasteiger partial charge in [-0.15, -0.1) is 0 Å². The van der Waals surface area contributed by atoms with Crippen LogP contribution in [0.2, 0.25) is 0 Å². The van der Waals surface area contributed by atoms with E-state index in [9.17, 15) is 4.79 Å². The quantitative estimate of drug-likeness (QED) is 0.419. The van der Waals surface area contributed by atoms with Crippen LogP contribution < -0.4 is 0 Å². The highest BCUT2D eigenvalue weighted by Crippen LogP contribution is 2.34. The number of rotatable bonds is 9. The third-order valence-corrected chi connectivity index (χ3v) is 5.29. The van der Waals surface area contributed by atoms with Crippen LogP contribution in [-0.2, 0) is 4.74 Å². The minimum atomic E-state index is -1.18. The Labute approximate surface area is 157 Å². The Morgan fingerprint density at radius 1 is 0.923 bits per heavy atom. The molecule has 140 valence electrons. The molecule has 0 heterocycles. The van der Waals surface area contributed by atoms with Gasteiger partial charge in [-0.1, -0.05) is 61.7 Å². The van der Waals surface area contributed by atoms with Gasteiger partial charge >= 0.3 is 6.16 Å². The zero-order valence-corrected chi connectivity index (χ0v) is 16.1. The Kier molecular flexibility index (Phi) is 7.71. The molecule has 1 unspecified atom stereocenters. The van der Waals surface area contributed by atoms with Crippen LogP contribution in [0.5, 0.6) is 0 Å². The summed E-state index contributed by atoms with van der Waals surface area (Å²) in [6.07, 6.45) is 3.94. The van der Waals surface area contributed by atoms with Gasteiger partial charge in [0.15, 0.2) is 0 Å². The van der Waals surface area contributed by atoms with Gasteiger partial charge in [0.25, 0.3) is 0 Å². The molecule has 0 aromatic heterocycles. The third-order valence-electron chi connectivity index (χ3n) is 5.29. The summed E-state index contributed by atoms with van der Waals surface area (Å²) < 4.78 is 4.56. The van der Waals surface area contributed by atoms with Gasteiger partial charge in [0, 0.05) is 5.92 Å². The molecule has 3 nitrogen and oxygen atoms in total. The number of benzene rings is 2. The molecule has 1 N–H and O–H groups in total. The fourth-order valence-corrected chi connectivity index (χ4v) is 3.51. The zero-order valence-electron chi connectivity index (χ0n) is 16.1. The Balaban J connectivity index is 2.02. The van der Waals surface area contributed by atoms with Gasteiger partial charge in [-0.05, 0) is 61.4 Å². The van der Waals surface area contributed by atoms with E-state index in [2.05, 4.69) is 68.0 Å². The average Bonchev–Trinajstić information content (AvgIpc) is 2.63. The molecule has 0 aliphatic heterocycles. The Bertz CT molecular complexity index is 707. The second-order valence-corrected chi connectivity index (χ2v) is 7.00. The highest BCUT2D eigenvalue weighted by atomic mass is 16.7. The Hall–Kier alpha value is -2.29. The summed E-state index contributed by atoms with van der Waals surface area (Å²) in [6.45, 7) is 6.91. The summed E-state index contributed by atoms with van der Waals surface area (Å²) in [5.74, 6) is 0.408. The van der Waals surface area contributed by atoms with E-state index in [1.807, 2.05) is 0 Å². The monoisotopic (exact) mass is 354 g/mol. The lowest BCUT2D eigenvalue weighted by molar-refractivity contribution is 0.0899. The summed E-state index contributed by atoms with van der Waals surface area (Å²) in [6, 6.07) is 15.3. The molecule has 0 saturated carbocycles. The minimum absolute atomic E-state index is 0.299. The van der Waals surface area contributed by atoms with Crippen molar-refractivity contribution in [3.8, 4) is 0 Å². The Morgan fingerprint density at radius 2 is 1.62 bits per heavy atom. The second-order valence-electron chi connectivity index (χ2n) is 7.00. The summed E-state index contributed by atoms with van der Waals surface area (Å²) in [7, 11) is 0. The van der Waals surface area contributed by atoms with Crippen molar-refractivity contribution < 1.29 is 14.6 Å². The number of aryl methyl sites for hydroxylation is 1. The number of ether oxygens (including phenoxy) is 1. The van der Waals surface area contributed by atoms with Gasteiger partial charge < -0.3 is 9.84 Å². The van der Waals surface area contributed by atoms with Crippen molar-refractivity contribution in [3.05, 3.63) is 70.3 Å². The van der Waals surface area contributed by atoms with E-state index < -0.39 is 6.16 Å². The van der Waals surface area contributed by atoms with Crippen molar-refractivity contribution in [1.82, 2.24) is 0 Å². The van der Waals surface area contributed by atoms with Gasteiger partial charge in [0.1, 0.15) is 0 Å². The van der Waals surface area contributed by atoms with Gasteiger partial charge in [0.05, 0.1) is 6.61 Å². The largest absolute Gasteiger partial charge is 0.505 e. The summed E-state index contributed by atoms with van der Waals surface area (Å²) in [5, 5.41) is 8.49. The fourth-order valence-electron chi connectivity index (χ4n) is 3.51. The van der Waals surface area contributed by atoms with Crippen LogP contribution in [0.25, 0.3) is 0 Å². The smallest absolute Gasteiger partial charge is 0.450 e. The predicted molar refractivity (Wildman–Crippen MR) is 106 cm³/mol. The molecule has 0 amide bonds. The van der Waals surface area contributed by atoms with Crippen LogP contribution in [-0.4, -0.2) is 17.9 Å². The van der Waals surface area contributed by atoms with Crippen molar-refractivity contribution in [2.24, 2.45) is 0 Å². The van der Waals surface area contributed by atoms with E-state index in [1.54, 1.807) is 0 Å². The van der Waals surface area contributed by atoms with Gasteiger partial charge in [-0.3, -0.25) is 0 Å². The summed E-state index contributed by atoms with van der Waals surface area (Å²) >= 11 is 0. The maximum Gasteiger partial charge on any atom is 0.505 e. The maximum absolute atomic E-state index is 10.4. The van der Waals surface area contributed by atoms with Crippen molar-refractivity contribution in [3.63, 3.8) is 0 Å². The van der Waals surface area contributed by atoms with Crippen molar-refractivity contribution >= 4 is 6.16 Å². The molecule has 3 heteroatoms. The van der Waals surface area contributed by atoms with Crippen molar-refractivity contribution in [2.45, 2.75) is 58.8 Å². The molecule has 0 aliphatic carbocycles. The molecule has 0 radical (unpaired) electrons. The number of hydrogen-bond acceptors (Lipinski definition) is 2. The molecule has 0 spiro atoms. The fraction of sp³-hybridized carbons (Fsp3) is 0.435. The lowest BCUT2D eigenvalue weighted by Crippen LogP contribution is -2.06. The molecule has 0 saturated heterocycles. The van der Waals surface area contributed by atoms with Crippen molar-refractivity contribution in [2.75, 3.05) is 6.61 Å².